The second-order valence-electron chi connectivity index (χ2n) is 7.11. The largest absolute Gasteiger partial charge is 0.488 e. The van der Waals surface area contributed by atoms with E-state index in [9.17, 15) is 0 Å². The Balaban J connectivity index is 1.59. The Morgan fingerprint density at radius 3 is 2.17 bits per heavy atom. The van der Waals surface area contributed by atoms with E-state index in [0.717, 1.165) is 22.9 Å². The number of benzene rings is 4. The second-order valence-corrected chi connectivity index (χ2v) is 7.11. The van der Waals surface area contributed by atoms with Crippen LogP contribution in [0.3, 0.4) is 0 Å². The summed E-state index contributed by atoms with van der Waals surface area (Å²) in [4.78, 5) is 0. The van der Waals surface area contributed by atoms with Crippen molar-refractivity contribution in [3.63, 3.8) is 0 Å². The van der Waals surface area contributed by atoms with Gasteiger partial charge in [0.1, 0.15) is 23.4 Å². The summed E-state index contributed by atoms with van der Waals surface area (Å²) in [5, 5.41) is 2.29. The molecule has 0 fully saturated rings. The average molecular weight is 384 g/mol. The molecule has 0 saturated carbocycles. The molecule has 146 valence electrons. The number of nitrogens with two attached hydrogens (primary N) is 2. The van der Waals surface area contributed by atoms with E-state index in [2.05, 4.69) is 37.3 Å². The number of ether oxygens (including phenoxy) is 2. The zero-order chi connectivity index (χ0) is 20.2. The highest BCUT2D eigenvalue weighted by atomic mass is 16.5. The monoisotopic (exact) mass is 384 g/mol. The van der Waals surface area contributed by atoms with E-state index in [0.29, 0.717) is 22.9 Å². The van der Waals surface area contributed by atoms with Gasteiger partial charge in [0.05, 0.1) is 11.4 Å². The molecule has 1 unspecified atom stereocenters. The molecule has 0 heterocycles. The van der Waals surface area contributed by atoms with Crippen LogP contribution in [0.25, 0.3) is 10.8 Å². The lowest BCUT2D eigenvalue weighted by Gasteiger charge is -2.17. The fourth-order valence-electron chi connectivity index (χ4n) is 3.41. The highest BCUT2D eigenvalue weighted by Gasteiger charge is 2.11. The lowest BCUT2D eigenvalue weighted by molar-refractivity contribution is 0.224. The fraction of sp³-hybridized carbons (Fsp3) is 0.120. The zero-order valence-corrected chi connectivity index (χ0v) is 16.3. The van der Waals surface area contributed by atoms with Gasteiger partial charge in [-0.15, -0.1) is 0 Å². The Bertz CT molecular complexity index is 1140. The van der Waals surface area contributed by atoms with Crippen molar-refractivity contribution in [3.8, 4) is 17.2 Å². The van der Waals surface area contributed by atoms with Gasteiger partial charge in [-0.05, 0) is 59.7 Å². The Morgan fingerprint density at radius 1 is 0.759 bits per heavy atom. The molecule has 0 aromatic heterocycles. The van der Waals surface area contributed by atoms with Crippen LogP contribution in [-0.4, -0.2) is 6.10 Å². The van der Waals surface area contributed by atoms with Crippen molar-refractivity contribution in [1.29, 1.82) is 0 Å². The molecule has 29 heavy (non-hydrogen) atoms. The molecule has 0 aliphatic carbocycles. The van der Waals surface area contributed by atoms with Crippen LogP contribution in [0.4, 0.5) is 11.4 Å². The molecule has 0 aliphatic heterocycles. The lowest BCUT2D eigenvalue weighted by atomic mass is 10.00. The molecule has 4 N–H and O–H groups in total. The number of rotatable bonds is 6. The average Bonchev–Trinajstić information content (AvgIpc) is 2.72. The van der Waals surface area contributed by atoms with Crippen LogP contribution in [0, 0.1) is 0 Å². The van der Waals surface area contributed by atoms with E-state index >= 15 is 0 Å². The second kappa shape index (κ2) is 8.15. The SMILES string of the molecule is CC(Cc1cccc2ccc(Oc3ccccc3N)cc12)Oc1ccccc1N. The minimum Gasteiger partial charge on any atom is -0.488 e. The first-order valence-electron chi connectivity index (χ1n) is 9.65. The van der Waals surface area contributed by atoms with Crippen molar-refractivity contribution in [1.82, 2.24) is 0 Å². The van der Waals surface area contributed by atoms with Crippen LogP contribution >= 0.6 is 0 Å². The predicted molar refractivity (Wildman–Crippen MR) is 120 cm³/mol. The van der Waals surface area contributed by atoms with Crippen molar-refractivity contribution in [2.24, 2.45) is 0 Å². The van der Waals surface area contributed by atoms with Crippen LogP contribution in [0.15, 0.2) is 84.9 Å². The van der Waals surface area contributed by atoms with Gasteiger partial charge in [-0.25, -0.2) is 0 Å². The van der Waals surface area contributed by atoms with Crippen molar-refractivity contribution >= 4 is 22.1 Å². The molecule has 0 spiro atoms. The molecule has 4 aromatic rings. The maximum Gasteiger partial charge on any atom is 0.150 e. The van der Waals surface area contributed by atoms with E-state index in [1.54, 1.807) is 0 Å². The third kappa shape index (κ3) is 4.27. The summed E-state index contributed by atoms with van der Waals surface area (Å²) in [6, 6.07) is 27.4. The van der Waals surface area contributed by atoms with E-state index in [4.69, 9.17) is 20.9 Å². The minimum absolute atomic E-state index is 0.0281. The highest BCUT2D eigenvalue weighted by Crippen LogP contribution is 2.31. The van der Waals surface area contributed by atoms with Gasteiger partial charge in [-0.1, -0.05) is 48.5 Å². The van der Waals surface area contributed by atoms with Gasteiger partial charge in [-0.2, -0.15) is 0 Å². The number of para-hydroxylation sites is 4. The van der Waals surface area contributed by atoms with Crippen LogP contribution < -0.4 is 20.9 Å². The normalized spacial score (nSPS) is 11.9. The molecule has 0 bridgehead atoms. The van der Waals surface area contributed by atoms with Gasteiger partial charge >= 0.3 is 0 Å². The Morgan fingerprint density at radius 2 is 1.45 bits per heavy atom. The number of anilines is 2. The van der Waals surface area contributed by atoms with Crippen molar-refractivity contribution in [2.45, 2.75) is 19.4 Å². The summed E-state index contributed by atoms with van der Waals surface area (Å²) in [5.41, 5.74) is 14.5. The minimum atomic E-state index is -0.0281. The van der Waals surface area contributed by atoms with Crippen LogP contribution in [0.1, 0.15) is 12.5 Å². The van der Waals surface area contributed by atoms with Crippen LogP contribution in [-0.2, 0) is 6.42 Å². The summed E-state index contributed by atoms with van der Waals surface area (Å²) in [6.45, 7) is 2.05. The fourth-order valence-corrected chi connectivity index (χ4v) is 3.41. The van der Waals surface area contributed by atoms with Crippen LogP contribution in [0.2, 0.25) is 0 Å². The molecule has 0 amide bonds. The first-order valence-corrected chi connectivity index (χ1v) is 9.65. The van der Waals surface area contributed by atoms with E-state index < -0.39 is 0 Å². The van der Waals surface area contributed by atoms with Crippen molar-refractivity contribution in [3.05, 3.63) is 90.5 Å². The third-order valence-corrected chi connectivity index (χ3v) is 4.85. The van der Waals surface area contributed by atoms with Gasteiger partial charge in [-0.3, -0.25) is 0 Å². The molecule has 0 radical (unpaired) electrons. The summed E-state index contributed by atoms with van der Waals surface area (Å²) < 4.78 is 12.1. The smallest absolute Gasteiger partial charge is 0.150 e. The van der Waals surface area contributed by atoms with Crippen molar-refractivity contribution in [2.75, 3.05) is 11.5 Å². The van der Waals surface area contributed by atoms with Crippen molar-refractivity contribution < 1.29 is 9.47 Å². The first-order chi connectivity index (χ1) is 14.1. The molecule has 0 aliphatic rings. The maximum absolute atomic E-state index is 6.07. The predicted octanol–water partition coefficient (Wildman–Crippen LogP) is 5.81. The lowest BCUT2D eigenvalue weighted by Crippen LogP contribution is -2.16. The molecule has 4 heteroatoms. The Kier molecular flexibility index (Phi) is 5.25. The molecule has 1 atom stereocenters. The quantitative estimate of drug-likeness (QED) is 0.412. The number of fused-ring (bicyclic) bond motifs is 1. The zero-order valence-electron chi connectivity index (χ0n) is 16.3. The summed E-state index contributed by atoms with van der Waals surface area (Å²) in [7, 11) is 0. The Hall–Kier alpha value is -3.66. The topological polar surface area (TPSA) is 70.5 Å². The van der Waals surface area contributed by atoms with E-state index in [-0.39, 0.29) is 6.10 Å². The molecule has 0 saturated heterocycles. The third-order valence-electron chi connectivity index (χ3n) is 4.85. The van der Waals surface area contributed by atoms with Crippen LogP contribution in [0.5, 0.6) is 17.2 Å². The Labute approximate surface area is 170 Å². The number of nitrogen functional groups attached to an aromatic ring is 2. The molecule has 4 aromatic carbocycles. The number of hydrogen-bond donors (Lipinski definition) is 2. The first kappa shape index (κ1) is 18.7. The summed E-state index contributed by atoms with van der Waals surface area (Å²) in [5.74, 6) is 2.12. The molecule has 4 nitrogen and oxygen atoms in total. The van der Waals surface area contributed by atoms with Gasteiger partial charge in [0.25, 0.3) is 0 Å². The number of hydrogen-bond acceptors (Lipinski definition) is 4. The molecular formula is C25H24N2O2. The van der Waals surface area contributed by atoms with E-state index in [1.165, 1.54) is 5.56 Å². The summed E-state index contributed by atoms with van der Waals surface area (Å²) in [6.07, 6.45) is 0.724. The van der Waals surface area contributed by atoms with Gasteiger partial charge in [0.2, 0.25) is 0 Å². The highest BCUT2D eigenvalue weighted by molar-refractivity contribution is 5.87. The maximum atomic E-state index is 6.07. The molecule has 4 rings (SSSR count). The summed E-state index contributed by atoms with van der Waals surface area (Å²) >= 11 is 0. The van der Waals surface area contributed by atoms with Gasteiger partial charge < -0.3 is 20.9 Å². The van der Waals surface area contributed by atoms with Gasteiger partial charge in [0, 0.05) is 6.42 Å². The van der Waals surface area contributed by atoms with E-state index in [1.807, 2.05) is 54.6 Å². The molecular weight excluding hydrogens is 360 g/mol. The van der Waals surface area contributed by atoms with Gasteiger partial charge in [0.15, 0.2) is 0 Å². The standard InChI is InChI=1S/C25H24N2O2/c1-17(28-24-11-4-2-9-22(24)26)15-19-8-6-7-18-13-14-20(16-21(18)19)29-25-12-5-3-10-23(25)27/h2-14,16-17H,15,26-27H2,1H3.